The topological polar surface area (TPSA) is 107 Å². The Morgan fingerprint density at radius 3 is 2.29 bits per heavy atom. The molecular formula is C26H35Cl2N3O6S. The molecule has 0 radical (unpaired) electrons. The molecule has 2 rings (SSSR count). The van der Waals surface area contributed by atoms with Crippen LogP contribution in [0.1, 0.15) is 39.2 Å². The van der Waals surface area contributed by atoms with Gasteiger partial charge in [0.2, 0.25) is 11.8 Å². The van der Waals surface area contributed by atoms with Crippen LogP contribution < -0.4 is 0 Å². The minimum Gasteiger partial charge on any atom is -0.480 e. The standard InChI is InChI=1S/C26H35Cl2N3O6S/c1-26(2,3)37-25(36)29(4)15-18(24(34)35)30(5)23(33)17-11-13-31(14-12-17)20(32)10-8-16-7-9-19(38-6)22(28)21(16)27/h7-10,17-18H,11-15H2,1-6H3,(H,34,35)/b10-8+/t18-/m0/s1. The maximum atomic E-state index is 13.1. The van der Waals surface area contributed by atoms with E-state index in [0.717, 1.165) is 14.7 Å². The molecule has 1 fully saturated rings. The normalized spacial score (nSPS) is 15.3. The summed E-state index contributed by atoms with van der Waals surface area (Å²) in [6.07, 6.45) is 5.06. The van der Waals surface area contributed by atoms with Crippen LogP contribution in [0.2, 0.25) is 10.0 Å². The first-order valence-electron chi connectivity index (χ1n) is 12.1. The smallest absolute Gasteiger partial charge is 0.410 e. The van der Waals surface area contributed by atoms with Crippen LogP contribution in [0, 0.1) is 5.92 Å². The van der Waals surface area contributed by atoms with Gasteiger partial charge in [-0.05, 0) is 57.6 Å². The summed E-state index contributed by atoms with van der Waals surface area (Å²) in [5.41, 5.74) is -0.101. The lowest BCUT2D eigenvalue weighted by Gasteiger charge is -2.35. The van der Waals surface area contributed by atoms with E-state index < -0.39 is 29.6 Å². The van der Waals surface area contributed by atoms with Crippen LogP contribution in [0.15, 0.2) is 23.1 Å². The van der Waals surface area contributed by atoms with Crippen molar-refractivity contribution in [2.75, 3.05) is 40.0 Å². The maximum absolute atomic E-state index is 13.1. The van der Waals surface area contributed by atoms with Crippen molar-refractivity contribution in [1.82, 2.24) is 14.7 Å². The largest absolute Gasteiger partial charge is 0.480 e. The molecular weight excluding hydrogens is 553 g/mol. The number of rotatable bonds is 8. The predicted molar refractivity (Wildman–Crippen MR) is 150 cm³/mol. The lowest BCUT2D eigenvalue weighted by molar-refractivity contribution is -0.152. The summed E-state index contributed by atoms with van der Waals surface area (Å²) < 4.78 is 5.27. The van der Waals surface area contributed by atoms with E-state index in [1.54, 1.807) is 37.8 Å². The molecule has 0 spiro atoms. The van der Waals surface area contributed by atoms with Crippen molar-refractivity contribution in [3.05, 3.63) is 33.8 Å². The number of piperidine rings is 1. The number of likely N-dealkylation sites (tertiary alicyclic amines) is 1. The van der Waals surface area contributed by atoms with E-state index in [2.05, 4.69) is 0 Å². The Balaban J connectivity index is 1.97. The number of aliphatic carboxylic acids is 1. The molecule has 3 amide bonds. The molecule has 0 aromatic heterocycles. The fourth-order valence-electron chi connectivity index (χ4n) is 3.93. The Hall–Kier alpha value is -2.43. The van der Waals surface area contributed by atoms with Crippen molar-refractivity contribution in [2.45, 2.75) is 50.2 Å². The van der Waals surface area contributed by atoms with Gasteiger partial charge >= 0.3 is 12.1 Å². The van der Waals surface area contributed by atoms with Crippen LogP contribution in [-0.2, 0) is 19.1 Å². The molecule has 1 aromatic carbocycles. The molecule has 0 unspecified atom stereocenters. The number of thioether (sulfide) groups is 1. The van der Waals surface area contributed by atoms with Crippen molar-refractivity contribution in [3.8, 4) is 0 Å². The minimum atomic E-state index is -1.24. The van der Waals surface area contributed by atoms with Gasteiger partial charge in [-0.3, -0.25) is 9.59 Å². The number of benzene rings is 1. The highest BCUT2D eigenvalue weighted by atomic mass is 35.5. The minimum absolute atomic E-state index is 0.215. The first kappa shape index (κ1) is 31.8. The Morgan fingerprint density at radius 2 is 1.76 bits per heavy atom. The van der Waals surface area contributed by atoms with Crippen molar-refractivity contribution in [3.63, 3.8) is 0 Å². The van der Waals surface area contributed by atoms with Gasteiger partial charge in [0.25, 0.3) is 0 Å². The van der Waals surface area contributed by atoms with Crippen molar-refractivity contribution in [1.29, 1.82) is 0 Å². The van der Waals surface area contributed by atoms with Gasteiger partial charge in [-0.25, -0.2) is 9.59 Å². The number of carbonyl (C=O) groups is 4. The summed E-state index contributed by atoms with van der Waals surface area (Å²) in [5, 5.41) is 10.6. The van der Waals surface area contributed by atoms with Crippen LogP contribution in [0.4, 0.5) is 4.79 Å². The number of amides is 3. The number of halogens is 2. The average Bonchev–Trinajstić information content (AvgIpc) is 2.85. The third-order valence-corrected chi connectivity index (χ3v) is 7.90. The molecule has 1 N–H and O–H groups in total. The van der Waals surface area contributed by atoms with Crippen molar-refractivity contribution in [2.24, 2.45) is 5.92 Å². The highest BCUT2D eigenvalue weighted by Gasteiger charge is 2.35. The first-order chi connectivity index (χ1) is 17.7. The number of hydrogen-bond donors (Lipinski definition) is 1. The zero-order chi connectivity index (χ0) is 28.8. The van der Waals surface area contributed by atoms with E-state index in [1.807, 2.05) is 12.3 Å². The number of ether oxygens (including phenoxy) is 1. The molecule has 1 atom stereocenters. The third-order valence-electron chi connectivity index (χ3n) is 6.11. The lowest BCUT2D eigenvalue weighted by Crippen LogP contribution is -2.53. The molecule has 1 aromatic rings. The fourth-order valence-corrected chi connectivity index (χ4v) is 5.10. The second kappa shape index (κ2) is 13.6. The number of carboxylic acids is 1. The Kier molecular flexibility index (Phi) is 11.4. The van der Waals surface area contributed by atoms with Gasteiger partial charge < -0.3 is 24.5 Å². The monoisotopic (exact) mass is 587 g/mol. The van der Waals surface area contributed by atoms with Crippen LogP contribution in [-0.4, -0.2) is 95.3 Å². The van der Waals surface area contributed by atoms with Crippen LogP contribution >= 0.6 is 35.0 Å². The van der Waals surface area contributed by atoms with E-state index in [-0.39, 0.29) is 18.4 Å². The van der Waals surface area contributed by atoms with E-state index in [9.17, 15) is 24.3 Å². The average molecular weight is 589 g/mol. The molecule has 12 heteroatoms. The van der Waals surface area contributed by atoms with Gasteiger partial charge in [-0.2, -0.15) is 0 Å². The zero-order valence-corrected chi connectivity index (χ0v) is 24.8. The predicted octanol–water partition coefficient (Wildman–Crippen LogP) is 4.75. The van der Waals surface area contributed by atoms with Crippen LogP contribution in [0.5, 0.6) is 0 Å². The molecule has 38 heavy (non-hydrogen) atoms. The van der Waals surface area contributed by atoms with Crippen LogP contribution in [0.25, 0.3) is 6.08 Å². The molecule has 9 nitrogen and oxygen atoms in total. The van der Waals surface area contributed by atoms with Gasteiger partial charge in [0.05, 0.1) is 16.6 Å². The quantitative estimate of drug-likeness (QED) is 0.345. The third kappa shape index (κ3) is 8.54. The SMILES string of the molecule is CSc1ccc(/C=C/C(=O)N2CCC(C(=O)N(C)[C@@H](CN(C)C(=O)OC(C)(C)C)C(=O)O)CC2)c(Cl)c1Cl. The summed E-state index contributed by atoms with van der Waals surface area (Å²) in [5.74, 6) is -2.21. The van der Waals surface area contributed by atoms with E-state index >= 15 is 0 Å². The Bertz CT molecular complexity index is 1080. The lowest BCUT2D eigenvalue weighted by atomic mass is 9.94. The van der Waals surface area contributed by atoms with Crippen LogP contribution in [0.3, 0.4) is 0 Å². The molecule has 0 bridgehead atoms. The molecule has 1 heterocycles. The van der Waals surface area contributed by atoms with Crippen molar-refractivity contribution < 1.29 is 29.0 Å². The Morgan fingerprint density at radius 1 is 1.16 bits per heavy atom. The summed E-state index contributed by atoms with van der Waals surface area (Å²) in [4.78, 5) is 54.8. The summed E-state index contributed by atoms with van der Waals surface area (Å²) in [6.45, 7) is 5.61. The van der Waals surface area contributed by atoms with E-state index in [1.165, 1.54) is 31.9 Å². The Labute approximate surface area is 238 Å². The molecule has 0 saturated carbocycles. The van der Waals surface area contributed by atoms with E-state index in [0.29, 0.717) is 41.5 Å². The number of nitrogens with zero attached hydrogens (tertiary/aromatic N) is 3. The summed E-state index contributed by atoms with van der Waals surface area (Å²) in [7, 11) is 2.85. The van der Waals surface area contributed by atoms with Gasteiger partial charge in [-0.15, -0.1) is 11.8 Å². The van der Waals surface area contributed by atoms with Gasteiger partial charge in [0.1, 0.15) is 11.6 Å². The molecule has 1 aliphatic rings. The summed E-state index contributed by atoms with van der Waals surface area (Å²) >= 11 is 14.1. The number of likely N-dealkylation sites (N-methyl/N-ethyl adjacent to an activating group) is 2. The number of carbonyl (C=O) groups excluding carboxylic acids is 3. The van der Waals surface area contributed by atoms with Gasteiger partial charge in [-0.1, -0.05) is 29.3 Å². The molecule has 0 aliphatic carbocycles. The van der Waals surface area contributed by atoms with Crippen molar-refractivity contribution >= 4 is 64.9 Å². The van der Waals surface area contributed by atoms with Gasteiger partial charge in [0.15, 0.2) is 0 Å². The maximum Gasteiger partial charge on any atom is 0.410 e. The second-order valence-corrected chi connectivity index (χ2v) is 11.7. The summed E-state index contributed by atoms with van der Waals surface area (Å²) in [6, 6.07) is 2.40. The zero-order valence-electron chi connectivity index (χ0n) is 22.5. The van der Waals surface area contributed by atoms with E-state index in [4.69, 9.17) is 27.9 Å². The molecule has 1 saturated heterocycles. The highest BCUT2D eigenvalue weighted by molar-refractivity contribution is 7.98. The highest BCUT2D eigenvalue weighted by Crippen LogP contribution is 2.35. The second-order valence-electron chi connectivity index (χ2n) is 10.1. The molecule has 210 valence electrons. The van der Waals surface area contributed by atoms with Gasteiger partial charge in [0, 0.05) is 44.1 Å². The number of carboxylic acid groups (broad SMARTS) is 1. The number of hydrogen-bond acceptors (Lipinski definition) is 6. The molecule has 1 aliphatic heterocycles. The fraction of sp³-hybridized carbons (Fsp3) is 0.538. The first-order valence-corrected chi connectivity index (χ1v) is 14.1.